The molecular weight excluding hydrogens is 290 g/mol. The Balaban J connectivity index is 1.78. The van der Waals surface area contributed by atoms with E-state index < -0.39 is 0 Å². The van der Waals surface area contributed by atoms with Crippen LogP contribution in [-0.2, 0) is 15.0 Å². The zero-order valence-corrected chi connectivity index (χ0v) is 14.5. The molecule has 1 atom stereocenters. The van der Waals surface area contributed by atoms with E-state index in [1.807, 2.05) is 31.3 Å². The number of amides is 2. The first-order chi connectivity index (χ1) is 10.7. The van der Waals surface area contributed by atoms with E-state index in [1.54, 1.807) is 0 Å². The molecule has 1 aromatic rings. The maximum atomic E-state index is 12.1. The molecule has 0 aromatic heterocycles. The van der Waals surface area contributed by atoms with E-state index in [9.17, 15) is 9.59 Å². The highest BCUT2D eigenvalue weighted by Gasteiger charge is 2.24. The minimum Gasteiger partial charge on any atom is -0.348 e. The summed E-state index contributed by atoms with van der Waals surface area (Å²) in [5.74, 6) is -0.0578. The van der Waals surface area contributed by atoms with Crippen molar-refractivity contribution in [3.63, 3.8) is 0 Å². The maximum absolute atomic E-state index is 12.1. The first kappa shape index (κ1) is 17.5. The number of nitrogens with one attached hydrogen (secondary N) is 3. The fourth-order valence-electron chi connectivity index (χ4n) is 2.38. The number of quaternary nitrogens is 1. The fraction of sp³-hybridized carbons (Fsp3) is 0.556. The standard InChI is InChI=1S/C18H27N3O2/c1-18(2,3)13-5-7-14(8-6-13)19-16(22)11-21(4)12-17(23)20-15-9-10-15/h5-8,15H,9-12H2,1-4H3,(H,19,22)(H,20,23)/p+1. The SMILES string of the molecule is C[NH+](CC(=O)Nc1ccc(C(C)(C)C)cc1)CC(=O)NC1CC1. The topological polar surface area (TPSA) is 62.6 Å². The molecule has 0 aliphatic heterocycles. The molecule has 0 spiro atoms. The highest BCUT2D eigenvalue weighted by atomic mass is 16.2. The largest absolute Gasteiger partial charge is 0.348 e. The highest BCUT2D eigenvalue weighted by Crippen LogP contribution is 2.23. The Morgan fingerprint density at radius 3 is 2.17 bits per heavy atom. The number of likely N-dealkylation sites (N-methyl/N-ethyl adjacent to an activating group) is 1. The number of carbonyl (C=O) groups excluding carboxylic acids is 2. The molecule has 1 aliphatic rings. The Labute approximate surface area is 138 Å². The molecule has 23 heavy (non-hydrogen) atoms. The number of hydrogen-bond donors (Lipinski definition) is 3. The molecule has 0 saturated heterocycles. The predicted molar refractivity (Wildman–Crippen MR) is 91.6 cm³/mol. The molecule has 2 amide bonds. The van der Waals surface area contributed by atoms with Gasteiger partial charge in [-0.1, -0.05) is 32.9 Å². The van der Waals surface area contributed by atoms with Crippen molar-refractivity contribution in [2.75, 3.05) is 25.5 Å². The van der Waals surface area contributed by atoms with Crippen LogP contribution < -0.4 is 15.5 Å². The Hall–Kier alpha value is -1.88. The van der Waals surface area contributed by atoms with Gasteiger partial charge in [0.15, 0.2) is 13.1 Å². The van der Waals surface area contributed by atoms with Crippen molar-refractivity contribution in [2.45, 2.75) is 45.1 Å². The first-order valence-corrected chi connectivity index (χ1v) is 8.25. The van der Waals surface area contributed by atoms with Crippen molar-refractivity contribution in [3.8, 4) is 0 Å². The zero-order valence-electron chi connectivity index (χ0n) is 14.5. The van der Waals surface area contributed by atoms with Crippen molar-refractivity contribution in [3.05, 3.63) is 29.8 Å². The molecule has 1 fully saturated rings. The lowest BCUT2D eigenvalue weighted by molar-refractivity contribution is -0.862. The number of anilines is 1. The van der Waals surface area contributed by atoms with E-state index in [-0.39, 0.29) is 23.8 Å². The van der Waals surface area contributed by atoms with Gasteiger partial charge in [0.25, 0.3) is 11.8 Å². The molecule has 5 nitrogen and oxygen atoms in total. The summed E-state index contributed by atoms with van der Waals surface area (Å²) in [6, 6.07) is 8.29. The van der Waals surface area contributed by atoms with Crippen LogP contribution >= 0.6 is 0 Å². The molecule has 5 heteroatoms. The van der Waals surface area contributed by atoms with Crippen molar-refractivity contribution in [1.29, 1.82) is 0 Å². The number of benzene rings is 1. The normalized spacial score (nSPS) is 15.8. The minimum atomic E-state index is -0.0785. The van der Waals surface area contributed by atoms with Gasteiger partial charge in [-0.05, 0) is 36.0 Å². The van der Waals surface area contributed by atoms with E-state index in [1.165, 1.54) is 5.56 Å². The van der Waals surface area contributed by atoms with Crippen LogP contribution in [0.5, 0.6) is 0 Å². The molecular formula is C18H28N3O2+. The molecule has 1 saturated carbocycles. The minimum absolute atomic E-state index is 0.0207. The number of hydrogen-bond acceptors (Lipinski definition) is 2. The summed E-state index contributed by atoms with van der Waals surface area (Å²) in [5, 5.41) is 5.82. The van der Waals surface area contributed by atoms with Crippen molar-refractivity contribution >= 4 is 17.5 Å². The van der Waals surface area contributed by atoms with Gasteiger partial charge < -0.3 is 15.5 Å². The fourth-order valence-corrected chi connectivity index (χ4v) is 2.38. The number of carbonyl (C=O) groups is 2. The van der Waals surface area contributed by atoms with Crippen LogP contribution in [0.15, 0.2) is 24.3 Å². The van der Waals surface area contributed by atoms with Crippen LogP contribution in [0, 0.1) is 0 Å². The molecule has 2 rings (SSSR count). The molecule has 1 unspecified atom stereocenters. The van der Waals surface area contributed by atoms with E-state index in [0.29, 0.717) is 12.6 Å². The van der Waals surface area contributed by atoms with E-state index in [2.05, 4.69) is 31.4 Å². The van der Waals surface area contributed by atoms with Crippen LogP contribution in [0.4, 0.5) is 5.69 Å². The van der Waals surface area contributed by atoms with Gasteiger partial charge in [-0.3, -0.25) is 9.59 Å². The zero-order chi connectivity index (χ0) is 17.0. The average Bonchev–Trinajstić information content (AvgIpc) is 3.21. The average molecular weight is 318 g/mol. The highest BCUT2D eigenvalue weighted by molar-refractivity contribution is 5.91. The predicted octanol–water partition coefficient (Wildman–Crippen LogP) is 0.716. The summed E-state index contributed by atoms with van der Waals surface area (Å²) in [4.78, 5) is 24.7. The van der Waals surface area contributed by atoms with Gasteiger partial charge in [0.1, 0.15) is 0 Å². The van der Waals surface area contributed by atoms with Gasteiger partial charge in [0.2, 0.25) is 0 Å². The summed E-state index contributed by atoms with van der Waals surface area (Å²) >= 11 is 0. The monoisotopic (exact) mass is 318 g/mol. The van der Waals surface area contributed by atoms with Gasteiger partial charge in [-0.15, -0.1) is 0 Å². The van der Waals surface area contributed by atoms with Crippen molar-refractivity contribution < 1.29 is 14.5 Å². The van der Waals surface area contributed by atoms with Gasteiger partial charge >= 0.3 is 0 Å². The van der Waals surface area contributed by atoms with Gasteiger partial charge in [0.05, 0.1) is 7.05 Å². The van der Waals surface area contributed by atoms with Crippen LogP contribution in [-0.4, -0.2) is 38.0 Å². The molecule has 126 valence electrons. The third-order valence-electron chi connectivity index (χ3n) is 3.90. The first-order valence-electron chi connectivity index (χ1n) is 8.25. The third kappa shape index (κ3) is 6.02. The van der Waals surface area contributed by atoms with Gasteiger partial charge in [-0.25, -0.2) is 0 Å². The van der Waals surface area contributed by atoms with E-state index >= 15 is 0 Å². The molecule has 0 radical (unpaired) electrons. The second-order valence-corrected chi connectivity index (χ2v) is 7.53. The second kappa shape index (κ2) is 7.13. The van der Waals surface area contributed by atoms with Gasteiger partial charge in [0, 0.05) is 11.7 Å². The second-order valence-electron chi connectivity index (χ2n) is 7.53. The Morgan fingerprint density at radius 1 is 1.09 bits per heavy atom. The Morgan fingerprint density at radius 2 is 1.65 bits per heavy atom. The quantitative estimate of drug-likeness (QED) is 0.724. The summed E-state index contributed by atoms with van der Waals surface area (Å²) in [7, 11) is 1.86. The van der Waals surface area contributed by atoms with Crippen LogP contribution in [0.2, 0.25) is 0 Å². The van der Waals surface area contributed by atoms with E-state index in [0.717, 1.165) is 23.4 Å². The Bertz CT molecular complexity index is 557. The summed E-state index contributed by atoms with van der Waals surface area (Å²) < 4.78 is 0. The van der Waals surface area contributed by atoms with Crippen LogP contribution in [0.25, 0.3) is 0 Å². The third-order valence-corrected chi connectivity index (χ3v) is 3.90. The molecule has 3 N–H and O–H groups in total. The molecule has 1 aliphatic carbocycles. The summed E-state index contributed by atoms with van der Waals surface area (Å²) in [5.41, 5.74) is 2.12. The number of rotatable bonds is 6. The smallest absolute Gasteiger partial charge is 0.279 e. The van der Waals surface area contributed by atoms with Crippen LogP contribution in [0.3, 0.4) is 0 Å². The summed E-state index contributed by atoms with van der Waals surface area (Å²) in [6.07, 6.45) is 2.16. The molecule has 0 heterocycles. The maximum Gasteiger partial charge on any atom is 0.279 e. The lowest BCUT2D eigenvalue weighted by Crippen LogP contribution is -3.11. The molecule has 0 bridgehead atoms. The van der Waals surface area contributed by atoms with Gasteiger partial charge in [-0.2, -0.15) is 0 Å². The van der Waals surface area contributed by atoms with Crippen molar-refractivity contribution in [2.24, 2.45) is 0 Å². The van der Waals surface area contributed by atoms with E-state index in [4.69, 9.17) is 0 Å². The van der Waals surface area contributed by atoms with Crippen LogP contribution in [0.1, 0.15) is 39.2 Å². The lowest BCUT2D eigenvalue weighted by atomic mass is 9.87. The lowest BCUT2D eigenvalue weighted by Gasteiger charge is -2.19. The van der Waals surface area contributed by atoms with Crippen molar-refractivity contribution in [1.82, 2.24) is 5.32 Å². The summed E-state index contributed by atoms with van der Waals surface area (Å²) in [6.45, 7) is 7.08. The Kier molecular flexibility index (Phi) is 5.42. The molecule has 1 aromatic carbocycles.